The van der Waals surface area contributed by atoms with E-state index in [0.29, 0.717) is 32.5 Å². The van der Waals surface area contributed by atoms with Gasteiger partial charge >= 0.3 is 0 Å². The van der Waals surface area contributed by atoms with E-state index in [2.05, 4.69) is 31.6 Å². The number of primary amides is 1. The van der Waals surface area contributed by atoms with Crippen LogP contribution in [0.2, 0.25) is 0 Å². The van der Waals surface area contributed by atoms with Gasteiger partial charge in [0.2, 0.25) is 23.6 Å². The molecule has 1 aromatic carbocycles. The zero-order chi connectivity index (χ0) is 33.5. The molecule has 0 saturated carbocycles. The van der Waals surface area contributed by atoms with E-state index in [0.717, 1.165) is 64.3 Å². The van der Waals surface area contributed by atoms with E-state index in [-0.39, 0.29) is 41.8 Å². The number of hydrogen-bond acceptors (Lipinski definition) is 10. The van der Waals surface area contributed by atoms with E-state index >= 15 is 0 Å². The van der Waals surface area contributed by atoms with Gasteiger partial charge in [-0.3, -0.25) is 24.2 Å². The Bertz CT molecular complexity index is 1080. The van der Waals surface area contributed by atoms with Crippen LogP contribution < -0.4 is 49.5 Å². The molecule has 0 bridgehead atoms. The Labute approximate surface area is 264 Å². The molecule has 0 radical (unpaired) electrons. The molecule has 254 valence electrons. The van der Waals surface area contributed by atoms with Crippen LogP contribution in [0.5, 0.6) is 11.5 Å². The lowest BCUT2D eigenvalue weighted by molar-refractivity contribution is -0.131. The maximum atomic E-state index is 12.5. The first-order valence-electron chi connectivity index (χ1n) is 15.4. The summed E-state index contributed by atoms with van der Waals surface area (Å²) in [6.07, 6.45) is 4.86. The summed E-state index contributed by atoms with van der Waals surface area (Å²) in [5.74, 6) is -2.35. The van der Waals surface area contributed by atoms with Crippen molar-refractivity contribution >= 4 is 29.6 Å². The second-order valence-electron chi connectivity index (χ2n) is 10.7. The predicted molar refractivity (Wildman–Crippen MR) is 172 cm³/mol. The number of unbranched alkanes of at least 4 members (excludes halogenated alkanes) is 2. The number of hydrogen-bond donors (Lipinski definition) is 11. The Balaban J connectivity index is 2.05. The van der Waals surface area contributed by atoms with Crippen molar-refractivity contribution in [1.29, 1.82) is 0 Å². The number of carbonyl (C=O) groups excluding carboxylic acids is 4. The van der Waals surface area contributed by atoms with Gasteiger partial charge in [-0.1, -0.05) is 12.5 Å². The molecule has 45 heavy (non-hydrogen) atoms. The monoisotopic (exact) mass is 636 g/mol. The van der Waals surface area contributed by atoms with Crippen LogP contribution in [0.25, 0.3) is 0 Å². The van der Waals surface area contributed by atoms with Crippen molar-refractivity contribution in [3.63, 3.8) is 0 Å². The highest BCUT2D eigenvalue weighted by Gasteiger charge is 2.23. The van der Waals surface area contributed by atoms with Crippen molar-refractivity contribution in [3.8, 4) is 11.5 Å². The van der Waals surface area contributed by atoms with Gasteiger partial charge in [-0.25, -0.2) is 0 Å². The lowest BCUT2D eigenvalue weighted by Gasteiger charge is -2.17. The highest BCUT2D eigenvalue weighted by Crippen LogP contribution is 2.22. The number of aliphatic imine (C=N–C) groups is 1. The van der Waals surface area contributed by atoms with Crippen LogP contribution in [-0.2, 0) is 25.6 Å². The fraction of sp³-hybridized carbons (Fsp3) is 0.621. The molecule has 16 nitrogen and oxygen atoms in total. The number of nitrogens with one attached hydrogen (secondary N) is 5. The number of phenols is 2. The molecule has 0 saturated heterocycles. The summed E-state index contributed by atoms with van der Waals surface area (Å²) in [5.41, 5.74) is 21.9. The molecule has 0 aliphatic carbocycles. The van der Waals surface area contributed by atoms with Crippen LogP contribution in [0.3, 0.4) is 0 Å². The first-order valence-corrected chi connectivity index (χ1v) is 15.4. The van der Waals surface area contributed by atoms with Gasteiger partial charge in [-0.2, -0.15) is 0 Å². The SMILES string of the molecule is NC(=O)CC(NC(=O)Cc1ccc(O)cc1O)C(=O)NCCCCCNCCCNCCCNC(=O)C(N)CCCN=C(N)N. The average molecular weight is 637 g/mol. The molecule has 1 aromatic rings. The largest absolute Gasteiger partial charge is 0.508 e. The van der Waals surface area contributed by atoms with Gasteiger partial charge < -0.3 is 59.7 Å². The van der Waals surface area contributed by atoms with Crippen molar-refractivity contribution in [1.82, 2.24) is 26.6 Å². The second-order valence-corrected chi connectivity index (χ2v) is 10.7. The second kappa shape index (κ2) is 23.3. The molecule has 0 fully saturated rings. The first-order chi connectivity index (χ1) is 21.5. The number of phenolic OH excluding ortho intramolecular Hbond substituents is 2. The quantitative estimate of drug-likeness (QED) is 0.0309. The van der Waals surface area contributed by atoms with Crippen molar-refractivity contribution in [2.45, 2.75) is 69.9 Å². The Morgan fingerprint density at radius 3 is 2.02 bits per heavy atom. The minimum absolute atomic E-state index is 0.0293. The summed E-state index contributed by atoms with van der Waals surface area (Å²) < 4.78 is 0. The summed E-state index contributed by atoms with van der Waals surface area (Å²) in [7, 11) is 0. The number of nitrogens with zero attached hydrogens (tertiary/aromatic N) is 1. The van der Waals surface area contributed by atoms with Gasteiger partial charge in [0.15, 0.2) is 5.96 Å². The third kappa shape index (κ3) is 19.7. The first kappa shape index (κ1) is 38.9. The minimum Gasteiger partial charge on any atom is -0.508 e. The minimum atomic E-state index is -1.12. The molecule has 1 rings (SSSR count). The molecule has 0 aromatic heterocycles. The van der Waals surface area contributed by atoms with Gasteiger partial charge in [0.1, 0.15) is 17.5 Å². The van der Waals surface area contributed by atoms with E-state index in [4.69, 9.17) is 22.9 Å². The van der Waals surface area contributed by atoms with Crippen LogP contribution >= 0.6 is 0 Å². The van der Waals surface area contributed by atoms with Gasteiger partial charge in [0.05, 0.1) is 18.9 Å². The zero-order valence-electron chi connectivity index (χ0n) is 26.0. The van der Waals surface area contributed by atoms with Crippen LogP contribution in [0.1, 0.15) is 56.9 Å². The average Bonchev–Trinajstić information content (AvgIpc) is 2.97. The maximum Gasteiger partial charge on any atom is 0.243 e. The van der Waals surface area contributed by atoms with E-state index < -0.39 is 29.8 Å². The van der Waals surface area contributed by atoms with Crippen molar-refractivity contribution in [3.05, 3.63) is 23.8 Å². The van der Waals surface area contributed by atoms with E-state index in [9.17, 15) is 29.4 Å². The molecule has 2 unspecified atom stereocenters. The molecule has 0 heterocycles. The molecule has 15 N–H and O–H groups in total. The van der Waals surface area contributed by atoms with Crippen molar-refractivity contribution in [2.24, 2.45) is 27.9 Å². The number of nitrogens with two attached hydrogens (primary N) is 4. The Hall–Kier alpha value is -4.15. The molecule has 0 spiro atoms. The molecule has 4 amide bonds. The zero-order valence-corrected chi connectivity index (χ0v) is 26.0. The lowest BCUT2D eigenvalue weighted by atomic mass is 10.1. The van der Waals surface area contributed by atoms with E-state index in [1.807, 2.05) is 0 Å². The maximum absolute atomic E-state index is 12.5. The number of aromatic hydroxyl groups is 2. The standard InChI is InChI=1S/C29H52N10O6/c30-22(7-4-15-38-29(32)33)27(44)36-16-6-13-35-12-5-11-34-10-2-1-3-14-37-28(45)23(19-25(31)42)39-26(43)17-20-8-9-21(40)18-24(20)41/h8-9,18,22-23,34-35,40-41H,1-7,10-17,19,30H2,(H2,31,42)(H,36,44)(H,37,45)(H,39,43)(H4,32,33,38). The van der Waals surface area contributed by atoms with Gasteiger partial charge in [0.25, 0.3) is 0 Å². The summed E-state index contributed by atoms with van der Waals surface area (Å²) in [6, 6.07) is 2.14. The van der Waals surface area contributed by atoms with Gasteiger partial charge in [-0.05, 0) is 70.8 Å². The molecule has 2 atom stereocenters. The molecular weight excluding hydrogens is 584 g/mol. The third-order valence-corrected chi connectivity index (χ3v) is 6.65. The molecule has 0 aliphatic rings. The number of rotatable bonds is 25. The fourth-order valence-electron chi connectivity index (χ4n) is 4.21. The highest BCUT2D eigenvalue weighted by molar-refractivity contribution is 5.92. The number of guanidine groups is 1. The van der Waals surface area contributed by atoms with Crippen LogP contribution in [0.15, 0.2) is 23.2 Å². The van der Waals surface area contributed by atoms with Gasteiger partial charge in [-0.15, -0.1) is 0 Å². The third-order valence-electron chi connectivity index (χ3n) is 6.65. The summed E-state index contributed by atoms with van der Waals surface area (Å²) in [6.45, 7) is 4.75. The van der Waals surface area contributed by atoms with E-state index in [1.165, 1.54) is 12.1 Å². The smallest absolute Gasteiger partial charge is 0.243 e. The Morgan fingerprint density at radius 2 is 1.38 bits per heavy atom. The normalized spacial score (nSPS) is 12.1. The summed E-state index contributed by atoms with van der Waals surface area (Å²) in [5, 5.41) is 34.0. The number of amides is 4. The predicted octanol–water partition coefficient (Wildman–Crippen LogP) is -2.26. The van der Waals surface area contributed by atoms with Gasteiger partial charge in [0, 0.05) is 31.3 Å². The number of benzene rings is 1. The van der Waals surface area contributed by atoms with Crippen LogP contribution in [0, 0.1) is 0 Å². The molecular formula is C29H52N10O6. The van der Waals surface area contributed by atoms with Crippen molar-refractivity contribution in [2.75, 3.05) is 45.8 Å². The summed E-state index contributed by atoms with van der Waals surface area (Å²) in [4.78, 5) is 52.2. The topological polar surface area (TPSA) is 285 Å². The number of carbonyl (C=O) groups is 4. The van der Waals surface area contributed by atoms with Crippen LogP contribution in [0.4, 0.5) is 0 Å². The van der Waals surface area contributed by atoms with E-state index in [1.54, 1.807) is 0 Å². The van der Waals surface area contributed by atoms with Crippen LogP contribution in [-0.4, -0.2) is 97.7 Å². The Morgan fingerprint density at radius 1 is 0.778 bits per heavy atom. The summed E-state index contributed by atoms with van der Waals surface area (Å²) >= 11 is 0. The lowest BCUT2D eigenvalue weighted by Crippen LogP contribution is -2.49. The Kier molecular flexibility index (Phi) is 20.1. The molecule has 0 aliphatic heterocycles. The fourth-order valence-corrected chi connectivity index (χ4v) is 4.21. The van der Waals surface area contributed by atoms with Crippen molar-refractivity contribution < 1.29 is 29.4 Å². The molecule has 16 heteroatoms. The highest BCUT2D eigenvalue weighted by atomic mass is 16.3.